The molecule has 1 amide bonds. The predicted molar refractivity (Wildman–Crippen MR) is 130 cm³/mol. The third-order valence-corrected chi connectivity index (χ3v) is 6.87. The van der Waals surface area contributed by atoms with Crippen LogP contribution in [0, 0.1) is 16.7 Å². The number of allylic oxidation sites excluding steroid dienone is 1. The Hall–Kier alpha value is -4.38. The zero-order chi connectivity index (χ0) is 25.7. The number of esters is 1. The molecule has 8 nitrogen and oxygen atoms in total. The van der Waals surface area contributed by atoms with E-state index in [1.54, 1.807) is 24.3 Å². The van der Waals surface area contributed by atoms with Gasteiger partial charge in [0, 0.05) is 24.1 Å². The summed E-state index contributed by atoms with van der Waals surface area (Å²) < 4.78 is 11.2. The molecule has 0 radical (unpaired) electrons. The Kier molecular flexibility index (Phi) is 5.44. The monoisotopic (exact) mass is 483 g/mol. The van der Waals surface area contributed by atoms with Gasteiger partial charge in [-0.2, -0.15) is 5.26 Å². The molecule has 1 atom stereocenters. The second-order valence-corrected chi connectivity index (χ2v) is 10.00. The molecule has 0 unspecified atom stereocenters. The summed E-state index contributed by atoms with van der Waals surface area (Å²) >= 11 is 0. The van der Waals surface area contributed by atoms with Gasteiger partial charge >= 0.3 is 5.97 Å². The Morgan fingerprint density at radius 2 is 1.81 bits per heavy atom. The molecule has 5 rings (SSSR count). The number of amides is 1. The van der Waals surface area contributed by atoms with Gasteiger partial charge in [0.05, 0.1) is 5.57 Å². The van der Waals surface area contributed by atoms with E-state index < -0.39 is 22.7 Å². The lowest BCUT2D eigenvalue weighted by Gasteiger charge is -2.41. The number of nitrogens with zero attached hydrogens (tertiary/aromatic N) is 2. The van der Waals surface area contributed by atoms with Gasteiger partial charge in [0.25, 0.3) is 0 Å². The first-order valence-corrected chi connectivity index (χ1v) is 11.6. The highest BCUT2D eigenvalue weighted by Gasteiger charge is 2.63. The number of benzene rings is 2. The number of nitriles is 1. The van der Waals surface area contributed by atoms with Crippen molar-refractivity contribution < 1.29 is 23.9 Å². The Balaban J connectivity index is 1.59. The van der Waals surface area contributed by atoms with Gasteiger partial charge in [0.2, 0.25) is 11.8 Å². The summed E-state index contributed by atoms with van der Waals surface area (Å²) in [5, 5.41) is 10.1. The number of rotatable bonds is 4. The highest BCUT2D eigenvalue weighted by atomic mass is 16.5. The number of nitrogens with two attached hydrogens (primary N) is 1. The molecule has 0 fully saturated rings. The van der Waals surface area contributed by atoms with Crippen LogP contribution in [0.25, 0.3) is 0 Å². The fourth-order valence-electron chi connectivity index (χ4n) is 5.41. The first kappa shape index (κ1) is 23.4. The van der Waals surface area contributed by atoms with E-state index >= 15 is 0 Å². The topological polar surface area (TPSA) is 123 Å². The molecular formula is C28H25N3O5. The van der Waals surface area contributed by atoms with Gasteiger partial charge in [0.15, 0.2) is 5.78 Å². The highest BCUT2D eigenvalue weighted by molar-refractivity contribution is 6.21. The van der Waals surface area contributed by atoms with Crippen LogP contribution >= 0.6 is 0 Å². The van der Waals surface area contributed by atoms with Crippen molar-refractivity contribution in [3.8, 4) is 6.07 Å². The van der Waals surface area contributed by atoms with E-state index in [1.807, 2.05) is 50.2 Å². The minimum absolute atomic E-state index is 0.0570. The molecule has 2 heterocycles. The lowest BCUT2D eigenvalue weighted by Crippen LogP contribution is -2.51. The first-order chi connectivity index (χ1) is 17.2. The number of carbonyl (C=O) groups is 3. The van der Waals surface area contributed by atoms with Gasteiger partial charge in [-0.1, -0.05) is 62.4 Å². The fraction of sp³-hybridized carbons (Fsp3) is 0.286. The number of Topliss-reactive ketones (excluding diaryl/α,β-unsaturated/α-hetero) is 1. The molecule has 8 heteroatoms. The molecule has 0 saturated heterocycles. The predicted octanol–water partition coefficient (Wildman–Crippen LogP) is 3.38. The minimum Gasteiger partial charge on any atom is -0.459 e. The fourth-order valence-corrected chi connectivity index (χ4v) is 5.41. The average molecular weight is 484 g/mol. The van der Waals surface area contributed by atoms with Crippen LogP contribution in [0.2, 0.25) is 0 Å². The number of para-hydroxylation sites is 1. The standard InChI is InChI=1S/C28H25N3O5/c1-27(2)12-21(32)24-22(13-27)36-25(30)19(14-29)28(24)18-10-6-7-11-20(18)31(26(28)34)15-23(33)35-16-17-8-4-3-5-9-17/h3-11H,12-13,15-16,30H2,1-2H3/t28-/m0/s1. The third kappa shape index (κ3) is 3.47. The smallest absolute Gasteiger partial charge is 0.326 e. The molecule has 182 valence electrons. The van der Waals surface area contributed by atoms with E-state index in [1.165, 1.54) is 4.90 Å². The zero-order valence-corrected chi connectivity index (χ0v) is 20.0. The lowest BCUT2D eigenvalue weighted by atomic mass is 9.62. The molecular weight excluding hydrogens is 458 g/mol. The molecule has 2 aromatic rings. The van der Waals surface area contributed by atoms with E-state index in [4.69, 9.17) is 15.2 Å². The van der Waals surface area contributed by atoms with Crippen molar-refractivity contribution in [2.75, 3.05) is 11.4 Å². The second kappa shape index (κ2) is 8.38. The van der Waals surface area contributed by atoms with Crippen LogP contribution in [0.4, 0.5) is 5.69 Å². The van der Waals surface area contributed by atoms with Crippen LogP contribution in [0.3, 0.4) is 0 Å². The maximum absolute atomic E-state index is 14.3. The average Bonchev–Trinajstić information content (AvgIpc) is 3.06. The molecule has 36 heavy (non-hydrogen) atoms. The van der Waals surface area contributed by atoms with Crippen LogP contribution in [-0.4, -0.2) is 24.2 Å². The SMILES string of the molecule is CC1(C)CC(=O)C2=C(C1)OC(N)=C(C#N)[C@]21C(=O)N(CC(=O)OCc2ccccc2)c2ccccc21. The van der Waals surface area contributed by atoms with Crippen molar-refractivity contribution in [3.63, 3.8) is 0 Å². The van der Waals surface area contributed by atoms with Crippen LogP contribution in [-0.2, 0) is 35.9 Å². The van der Waals surface area contributed by atoms with E-state index in [0.29, 0.717) is 23.4 Å². The van der Waals surface area contributed by atoms with Gasteiger partial charge < -0.3 is 15.2 Å². The van der Waals surface area contributed by atoms with E-state index in [9.17, 15) is 19.6 Å². The normalized spacial score (nSPS) is 22.2. The molecule has 0 bridgehead atoms. The number of anilines is 1. The number of ketones is 1. The largest absolute Gasteiger partial charge is 0.459 e. The van der Waals surface area contributed by atoms with Crippen molar-refractivity contribution in [1.29, 1.82) is 5.26 Å². The molecule has 1 aliphatic carbocycles. The molecule has 2 N–H and O–H groups in total. The summed E-state index contributed by atoms with van der Waals surface area (Å²) in [7, 11) is 0. The van der Waals surface area contributed by atoms with Crippen LogP contribution in [0.1, 0.15) is 37.8 Å². The molecule has 2 aliphatic heterocycles. The van der Waals surface area contributed by atoms with Gasteiger partial charge in [-0.25, -0.2) is 0 Å². The van der Waals surface area contributed by atoms with Crippen molar-refractivity contribution >= 4 is 23.3 Å². The van der Waals surface area contributed by atoms with Gasteiger partial charge in [-0.3, -0.25) is 19.3 Å². The van der Waals surface area contributed by atoms with Gasteiger partial charge in [-0.15, -0.1) is 0 Å². The van der Waals surface area contributed by atoms with Crippen molar-refractivity contribution in [3.05, 3.63) is 88.5 Å². The number of ether oxygens (including phenoxy) is 2. The first-order valence-electron chi connectivity index (χ1n) is 11.6. The number of hydrogen-bond acceptors (Lipinski definition) is 7. The van der Waals surface area contributed by atoms with Crippen LogP contribution in [0.5, 0.6) is 0 Å². The van der Waals surface area contributed by atoms with Crippen LogP contribution < -0.4 is 10.6 Å². The second-order valence-electron chi connectivity index (χ2n) is 10.00. The quantitative estimate of drug-likeness (QED) is 0.662. The van der Waals surface area contributed by atoms with E-state index in [2.05, 4.69) is 0 Å². The molecule has 2 aromatic carbocycles. The Morgan fingerprint density at radius 1 is 1.11 bits per heavy atom. The van der Waals surface area contributed by atoms with Crippen molar-refractivity contribution in [2.45, 2.75) is 38.7 Å². The molecule has 1 spiro atoms. The van der Waals surface area contributed by atoms with Gasteiger partial charge in [0.1, 0.15) is 36.0 Å². The zero-order valence-electron chi connectivity index (χ0n) is 20.0. The van der Waals surface area contributed by atoms with E-state index in [0.717, 1.165) is 5.56 Å². The lowest BCUT2D eigenvalue weighted by molar-refractivity contribution is -0.144. The molecule has 3 aliphatic rings. The summed E-state index contributed by atoms with van der Waals surface area (Å²) in [5.74, 6) is -1.41. The minimum atomic E-state index is -1.77. The molecule has 0 aromatic heterocycles. The summed E-state index contributed by atoms with van der Waals surface area (Å²) in [6.07, 6.45) is 0.563. The summed E-state index contributed by atoms with van der Waals surface area (Å²) in [6.45, 7) is 3.54. The van der Waals surface area contributed by atoms with Crippen molar-refractivity contribution in [2.24, 2.45) is 11.1 Å². The Labute approximate surface area is 208 Å². The highest BCUT2D eigenvalue weighted by Crippen LogP contribution is 2.57. The van der Waals surface area contributed by atoms with Crippen LogP contribution in [0.15, 0.2) is 77.4 Å². The Morgan fingerprint density at radius 3 is 2.53 bits per heavy atom. The Bertz CT molecular complexity index is 1400. The third-order valence-electron chi connectivity index (χ3n) is 6.87. The summed E-state index contributed by atoms with van der Waals surface area (Å²) in [5.41, 5.74) is 5.67. The van der Waals surface area contributed by atoms with Gasteiger partial charge in [-0.05, 0) is 17.0 Å². The maximum Gasteiger partial charge on any atom is 0.326 e. The number of fused-ring (bicyclic) bond motifs is 3. The number of carbonyl (C=O) groups excluding carboxylic acids is 3. The number of hydrogen-bond donors (Lipinski definition) is 1. The maximum atomic E-state index is 14.3. The van der Waals surface area contributed by atoms with E-state index in [-0.39, 0.29) is 42.4 Å². The van der Waals surface area contributed by atoms with Crippen molar-refractivity contribution in [1.82, 2.24) is 0 Å². The molecule has 0 saturated carbocycles. The summed E-state index contributed by atoms with van der Waals surface area (Å²) in [6, 6.07) is 18.1. The summed E-state index contributed by atoms with van der Waals surface area (Å²) in [4.78, 5) is 41.9.